The van der Waals surface area contributed by atoms with Gasteiger partial charge in [-0.05, 0) is 67.4 Å². The fourth-order valence-electron chi connectivity index (χ4n) is 5.70. The highest BCUT2D eigenvalue weighted by Crippen LogP contribution is 2.32. The van der Waals surface area contributed by atoms with Crippen LogP contribution in [0.4, 0.5) is 0 Å². The molecule has 1 aliphatic rings. The van der Waals surface area contributed by atoms with E-state index in [-0.39, 0.29) is 0 Å². The van der Waals surface area contributed by atoms with Crippen LogP contribution in [-0.4, -0.2) is 29.5 Å². The standard InChI is InChI=1S/C37H26N6/c1-2-8-28(9-3-1)36-41-32(26-15-13-25(14-16-26)31-11-4-5-21-38-31)24-33(42-36)27-17-19-29(20-18-27)43-34-12-7-22-39-35(34)30-10-6-23-40-37(30)43/h2,4-24H,1,3H2. The Kier molecular flexibility index (Phi) is 6.15. The highest BCUT2D eigenvalue weighted by Gasteiger charge is 2.15. The molecule has 0 atom stereocenters. The zero-order chi connectivity index (χ0) is 28.6. The molecule has 2 aromatic carbocycles. The van der Waals surface area contributed by atoms with Gasteiger partial charge < -0.3 is 0 Å². The molecule has 0 fully saturated rings. The van der Waals surface area contributed by atoms with E-state index in [1.54, 1.807) is 0 Å². The first-order valence-corrected chi connectivity index (χ1v) is 14.4. The summed E-state index contributed by atoms with van der Waals surface area (Å²) in [4.78, 5) is 23.9. The van der Waals surface area contributed by atoms with E-state index >= 15 is 0 Å². The van der Waals surface area contributed by atoms with Crippen LogP contribution in [0.1, 0.15) is 18.7 Å². The average molecular weight is 555 g/mol. The Morgan fingerprint density at radius 3 is 2.00 bits per heavy atom. The molecule has 0 aliphatic heterocycles. The van der Waals surface area contributed by atoms with Crippen molar-refractivity contribution < 1.29 is 0 Å². The van der Waals surface area contributed by atoms with Crippen molar-refractivity contribution in [2.45, 2.75) is 12.8 Å². The van der Waals surface area contributed by atoms with E-state index in [9.17, 15) is 0 Å². The number of hydrogen-bond acceptors (Lipinski definition) is 5. The highest BCUT2D eigenvalue weighted by atomic mass is 15.1. The summed E-state index contributed by atoms with van der Waals surface area (Å²) in [5, 5.41) is 1.04. The zero-order valence-corrected chi connectivity index (χ0v) is 23.3. The Bertz CT molecular complexity index is 2110. The number of hydrogen-bond donors (Lipinski definition) is 0. The Labute approximate surface area is 248 Å². The maximum absolute atomic E-state index is 5.04. The Morgan fingerprint density at radius 2 is 1.28 bits per heavy atom. The first-order chi connectivity index (χ1) is 21.3. The van der Waals surface area contributed by atoms with Crippen molar-refractivity contribution in [3.05, 3.63) is 140 Å². The largest absolute Gasteiger partial charge is 0.292 e. The number of aromatic nitrogens is 6. The molecule has 0 saturated carbocycles. The third-order valence-electron chi connectivity index (χ3n) is 7.82. The summed E-state index contributed by atoms with van der Waals surface area (Å²) in [5.74, 6) is 0.735. The molecule has 5 heterocycles. The number of benzene rings is 2. The molecule has 7 aromatic rings. The zero-order valence-electron chi connectivity index (χ0n) is 23.3. The summed E-state index contributed by atoms with van der Waals surface area (Å²) in [6.45, 7) is 0. The number of rotatable bonds is 5. The SMILES string of the molecule is C1=CC(c2nc(-c3ccc(-c4ccccn4)cc3)cc(-c3ccc(-n4c5cccnc5c5cccnc54)cc3)n2)=CCC1. The summed E-state index contributed by atoms with van der Waals surface area (Å²) in [6.07, 6.45) is 14.0. The van der Waals surface area contributed by atoms with E-state index in [1.807, 2.05) is 48.9 Å². The van der Waals surface area contributed by atoms with E-state index in [2.05, 4.69) is 99.5 Å². The van der Waals surface area contributed by atoms with E-state index in [1.165, 1.54) is 0 Å². The molecule has 6 nitrogen and oxygen atoms in total. The van der Waals surface area contributed by atoms with E-state index in [4.69, 9.17) is 15.0 Å². The van der Waals surface area contributed by atoms with Crippen LogP contribution in [0.15, 0.2) is 134 Å². The van der Waals surface area contributed by atoms with Crippen LogP contribution in [0.3, 0.4) is 0 Å². The molecule has 43 heavy (non-hydrogen) atoms. The molecule has 0 saturated heterocycles. The molecule has 1 aliphatic carbocycles. The minimum Gasteiger partial charge on any atom is -0.292 e. The van der Waals surface area contributed by atoms with Gasteiger partial charge in [0.1, 0.15) is 5.65 Å². The van der Waals surface area contributed by atoms with E-state index < -0.39 is 0 Å². The molecule has 6 heteroatoms. The lowest BCUT2D eigenvalue weighted by molar-refractivity contribution is 1.03. The number of allylic oxidation sites excluding steroid dienone is 4. The molecule has 0 spiro atoms. The molecular formula is C37H26N6. The molecule has 8 rings (SSSR count). The topological polar surface area (TPSA) is 69.4 Å². The van der Waals surface area contributed by atoms with Gasteiger partial charge in [0, 0.05) is 51.9 Å². The first kappa shape index (κ1) is 25.0. The van der Waals surface area contributed by atoms with Gasteiger partial charge in [0.15, 0.2) is 5.82 Å². The van der Waals surface area contributed by atoms with Crippen LogP contribution < -0.4 is 0 Å². The minimum absolute atomic E-state index is 0.735. The van der Waals surface area contributed by atoms with Crippen LogP contribution in [0.25, 0.3) is 67.1 Å². The lowest BCUT2D eigenvalue weighted by Crippen LogP contribution is -2.00. The predicted molar refractivity (Wildman–Crippen MR) is 172 cm³/mol. The second-order valence-electron chi connectivity index (χ2n) is 10.5. The molecular weight excluding hydrogens is 528 g/mol. The third kappa shape index (κ3) is 4.59. The Balaban J connectivity index is 1.21. The molecule has 0 amide bonds. The Hall–Kier alpha value is -5.75. The van der Waals surface area contributed by atoms with Gasteiger partial charge in [-0.25, -0.2) is 15.0 Å². The molecule has 0 N–H and O–H groups in total. The van der Waals surface area contributed by atoms with Gasteiger partial charge in [-0.2, -0.15) is 0 Å². The lowest BCUT2D eigenvalue weighted by atomic mass is 10.0. The Morgan fingerprint density at radius 1 is 0.581 bits per heavy atom. The van der Waals surface area contributed by atoms with Gasteiger partial charge in [-0.15, -0.1) is 0 Å². The first-order valence-electron chi connectivity index (χ1n) is 14.4. The molecule has 0 bridgehead atoms. The van der Waals surface area contributed by atoms with Crippen LogP contribution in [0, 0.1) is 0 Å². The smallest absolute Gasteiger partial charge is 0.160 e. The summed E-state index contributed by atoms with van der Waals surface area (Å²) < 4.78 is 2.17. The van der Waals surface area contributed by atoms with Gasteiger partial charge >= 0.3 is 0 Å². The van der Waals surface area contributed by atoms with Crippen molar-refractivity contribution >= 4 is 27.6 Å². The fourth-order valence-corrected chi connectivity index (χ4v) is 5.70. The van der Waals surface area contributed by atoms with E-state index in [0.29, 0.717) is 0 Å². The second-order valence-corrected chi connectivity index (χ2v) is 10.5. The van der Waals surface area contributed by atoms with Crippen molar-refractivity contribution in [3.8, 4) is 39.5 Å². The van der Waals surface area contributed by atoms with Crippen molar-refractivity contribution in [1.82, 2.24) is 29.5 Å². The van der Waals surface area contributed by atoms with Gasteiger partial charge in [0.2, 0.25) is 0 Å². The van der Waals surface area contributed by atoms with Crippen LogP contribution in [0.2, 0.25) is 0 Å². The summed E-state index contributed by atoms with van der Waals surface area (Å²) in [5.41, 5.74) is 10.8. The summed E-state index contributed by atoms with van der Waals surface area (Å²) in [7, 11) is 0. The number of fused-ring (bicyclic) bond motifs is 3. The van der Waals surface area contributed by atoms with Crippen LogP contribution in [-0.2, 0) is 0 Å². The number of nitrogens with zero attached hydrogens (tertiary/aromatic N) is 6. The van der Waals surface area contributed by atoms with Gasteiger partial charge in [0.25, 0.3) is 0 Å². The quantitative estimate of drug-likeness (QED) is 0.213. The fraction of sp³-hybridized carbons (Fsp3) is 0.0541. The highest BCUT2D eigenvalue weighted by molar-refractivity contribution is 6.05. The molecule has 0 radical (unpaired) electrons. The third-order valence-corrected chi connectivity index (χ3v) is 7.82. The van der Waals surface area contributed by atoms with Gasteiger partial charge in [-0.3, -0.25) is 14.5 Å². The maximum Gasteiger partial charge on any atom is 0.160 e. The normalized spacial score (nSPS) is 13.0. The summed E-state index contributed by atoms with van der Waals surface area (Å²) >= 11 is 0. The van der Waals surface area contributed by atoms with Crippen molar-refractivity contribution in [3.63, 3.8) is 0 Å². The minimum atomic E-state index is 0.735. The van der Waals surface area contributed by atoms with Crippen LogP contribution in [0.5, 0.6) is 0 Å². The molecule has 0 unspecified atom stereocenters. The predicted octanol–water partition coefficient (Wildman–Crippen LogP) is 8.49. The van der Waals surface area contributed by atoms with Crippen LogP contribution >= 0.6 is 0 Å². The molecule has 5 aromatic heterocycles. The van der Waals surface area contributed by atoms with Crippen molar-refractivity contribution in [2.75, 3.05) is 0 Å². The van der Waals surface area contributed by atoms with Gasteiger partial charge in [0.05, 0.1) is 28.1 Å². The van der Waals surface area contributed by atoms with Gasteiger partial charge in [-0.1, -0.05) is 60.7 Å². The van der Waals surface area contributed by atoms with E-state index in [0.717, 1.165) is 85.8 Å². The number of pyridine rings is 3. The van der Waals surface area contributed by atoms with Crippen molar-refractivity contribution in [2.24, 2.45) is 0 Å². The second kappa shape index (κ2) is 10.6. The monoisotopic (exact) mass is 554 g/mol. The average Bonchev–Trinajstić information content (AvgIpc) is 3.43. The maximum atomic E-state index is 5.04. The molecule has 204 valence electrons. The lowest BCUT2D eigenvalue weighted by Gasteiger charge is -2.12. The summed E-state index contributed by atoms with van der Waals surface area (Å²) in [6, 6.07) is 33.0. The van der Waals surface area contributed by atoms with Crippen molar-refractivity contribution in [1.29, 1.82) is 0 Å².